The Morgan fingerprint density at radius 1 is 1.02 bits per heavy atom. The van der Waals surface area contributed by atoms with Crippen LogP contribution in [0.5, 0.6) is 0 Å². The van der Waals surface area contributed by atoms with Crippen molar-refractivity contribution >= 4 is 45.2 Å². The molecule has 0 spiro atoms. The molecular weight excluding hydrogens is 647 g/mol. The number of benzene rings is 3. The number of hydrogen-bond donors (Lipinski definition) is 1. The molecular formula is C32H26BrFN6O3S. The van der Waals surface area contributed by atoms with Gasteiger partial charge in [-0.25, -0.2) is 9.40 Å². The number of aryl methyl sites for hydroxylation is 1. The fourth-order valence-electron chi connectivity index (χ4n) is 4.81. The Kier molecular flexibility index (Phi) is 8.71. The van der Waals surface area contributed by atoms with E-state index in [1.165, 1.54) is 30.2 Å². The van der Waals surface area contributed by atoms with E-state index in [0.29, 0.717) is 23.1 Å². The van der Waals surface area contributed by atoms with Crippen LogP contribution in [0, 0.1) is 12.7 Å². The maximum atomic E-state index is 13.8. The molecule has 0 aliphatic carbocycles. The predicted molar refractivity (Wildman–Crippen MR) is 168 cm³/mol. The van der Waals surface area contributed by atoms with Crippen LogP contribution >= 0.6 is 27.7 Å². The summed E-state index contributed by atoms with van der Waals surface area (Å²) < 4.78 is 21.6. The van der Waals surface area contributed by atoms with E-state index in [1.807, 2.05) is 55.5 Å². The molecule has 2 aromatic heterocycles. The Morgan fingerprint density at radius 3 is 2.48 bits per heavy atom. The molecule has 0 bridgehead atoms. The summed E-state index contributed by atoms with van der Waals surface area (Å²) in [5, 5.41) is 18.1. The van der Waals surface area contributed by atoms with E-state index in [4.69, 9.17) is 9.52 Å². The largest absolute Gasteiger partial charge is 0.459 e. The maximum absolute atomic E-state index is 13.8. The molecule has 5 aromatic rings. The Morgan fingerprint density at radius 2 is 1.77 bits per heavy atom. The lowest BCUT2D eigenvalue weighted by Gasteiger charge is -2.22. The molecule has 222 valence electrons. The van der Waals surface area contributed by atoms with Gasteiger partial charge >= 0.3 is 0 Å². The third-order valence-electron chi connectivity index (χ3n) is 7.07. The number of thioether (sulfide) groups is 1. The van der Waals surface area contributed by atoms with Gasteiger partial charge < -0.3 is 9.73 Å². The topological polar surface area (TPSA) is 106 Å². The van der Waals surface area contributed by atoms with Gasteiger partial charge in [-0.3, -0.25) is 14.2 Å². The average molecular weight is 674 g/mol. The molecule has 1 aliphatic rings. The van der Waals surface area contributed by atoms with E-state index in [9.17, 15) is 14.0 Å². The third-order valence-corrected chi connectivity index (χ3v) is 8.51. The molecule has 1 atom stereocenters. The number of hydrogen-bond acceptors (Lipinski definition) is 7. The van der Waals surface area contributed by atoms with Crippen molar-refractivity contribution in [2.24, 2.45) is 5.10 Å². The van der Waals surface area contributed by atoms with Crippen molar-refractivity contribution in [1.82, 2.24) is 25.1 Å². The Bertz CT molecular complexity index is 1810. The molecule has 1 aliphatic heterocycles. The normalized spacial score (nSPS) is 14.5. The first-order valence-electron chi connectivity index (χ1n) is 13.7. The Balaban J connectivity index is 1.25. The SMILES string of the molecule is Cc1ccc([C@H]2CC(c3ccc(Br)cc3)=NN2C(=O)CSc2nnc(CNC(=O)c3ccco3)n2-c2ccc(F)cc2)cc1. The molecule has 0 fully saturated rings. The van der Waals surface area contributed by atoms with E-state index >= 15 is 0 Å². The lowest BCUT2D eigenvalue weighted by atomic mass is 9.98. The lowest BCUT2D eigenvalue weighted by molar-refractivity contribution is -0.130. The van der Waals surface area contributed by atoms with Crippen molar-refractivity contribution in [3.8, 4) is 5.69 Å². The van der Waals surface area contributed by atoms with Crippen molar-refractivity contribution in [2.45, 2.75) is 31.1 Å². The van der Waals surface area contributed by atoms with Crippen molar-refractivity contribution in [3.05, 3.63) is 130 Å². The van der Waals surface area contributed by atoms with Gasteiger partial charge in [0.05, 0.1) is 30.3 Å². The zero-order valence-electron chi connectivity index (χ0n) is 23.5. The standard InChI is InChI=1S/C32H26BrFN6O3S/c1-20-4-6-22(7-5-20)27-17-26(21-8-10-23(33)11-9-21)38-40(27)30(41)19-44-32-37-36-29(18-35-31(42)28-3-2-16-43-28)39(32)25-14-12-24(34)13-15-25/h2-16,27H,17-19H2,1H3,(H,35,42)/t27-/m1/s1. The van der Waals surface area contributed by atoms with Crippen LogP contribution in [0.2, 0.25) is 0 Å². The fourth-order valence-corrected chi connectivity index (χ4v) is 5.90. The maximum Gasteiger partial charge on any atom is 0.287 e. The number of aromatic nitrogens is 3. The van der Waals surface area contributed by atoms with Gasteiger partial charge in [0.15, 0.2) is 16.7 Å². The zero-order valence-corrected chi connectivity index (χ0v) is 25.9. The van der Waals surface area contributed by atoms with Crippen molar-refractivity contribution in [1.29, 1.82) is 0 Å². The minimum absolute atomic E-state index is 0.0254. The number of nitrogens with zero attached hydrogens (tertiary/aromatic N) is 5. The fraction of sp³-hybridized carbons (Fsp3) is 0.156. The Hall–Kier alpha value is -4.55. The minimum Gasteiger partial charge on any atom is -0.459 e. The highest BCUT2D eigenvalue weighted by Crippen LogP contribution is 2.34. The van der Waals surface area contributed by atoms with Gasteiger partial charge in [-0.1, -0.05) is 69.7 Å². The average Bonchev–Trinajstić information content (AvgIpc) is 3.81. The first kappa shape index (κ1) is 29.5. The summed E-state index contributed by atoms with van der Waals surface area (Å²) in [6, 6.07) is 24.7. The monoisotopic (exact) mass is 672 g/mol. The van der Waals surface area contributed by atoms with E-state index in [2.05, 4.69) is 31.4 Å². The quantitative estimate of drug-likeness (QED) is 0.180. The second-order valence-corrected chi connectivity index (χ2v) is 11.9. The summed E-state index contributed by atoms with van der Waals surface area (Å²) in [4.78, 5) is 26.2. The zero-order chi connectivity index (χ0) is 30.6. The molecule has 9 nitrogen and oxygen atoms in total. The highest BCUT2D eigenvalue weighted by Gasteiger charge is 2.33. The predicted octanol–water partition coefficient (Wildman–Crippen LogP) is 6.47. The molecule has 2 amide bonds. The number of carbonyl (C=O) groups excluding carboxylic acids is 2. The third kappa shape index (κ3) is 6.51. The highest BCUT2D eigenvalue weighted by molar-refractivity contribution is 9.10. The second kappa shape index (κ2) is 13.0. The second-order valence-electron chi connectivity index (χ2n) is 10.1. The summed E-state index contributed by atoms with van der Waals surface area (Å²) in [5.74, 6) is -0.417. The molecule has 0 unspecified atom stereocenters. The van der Waals surface area contributed by atoms with Crippen LogP contribution < -0.4 is 5.32 Å². The molecule has 44 heavy (non-hydrogen) atoms. The number of hydrazone groups is 1. The molecule has 0 saturated carbocycles. The number of nitrogens with one attached hydrogen (secondary N) is 1. The lowest BCUT2D eigenvalue weighted by Crippen LogP contribution is -2.28. The van der Waals surface area contributed by atoms with Gasteiger partial charge in [-0.15, -0.1) is 10.2 Å². The summed E-state index contributed by atoms with van der Waals surface area (Å²) in [6.07, 6.45) is 1.99. The summed E-state index contributed by atoms with van der Waals surface area (Å²) in [7, 11) is 0. The molecule has 0 saturated heterocycles. The van der Waals surface area contributed by atoms with E-state index in [-0.39, 0.29) is 30.0 Å². The van der Waals surface area contributed by atoms with Crippen molar-refractivity contribution in [3.63, 3.8) is 0 Å². The smallest absolute Gasteiger partial charge is 0.287 e. The summed E-state index contributed by atoms with van der Waals surface area (Å²) in [6.45, 7) is 2.05. The van der Waals surface area contributed by atoms with E-state index < -0.39 is 11.7 Å². The van der Waals surface area contributed by atoms with Crippen LogP contribution in [0.25, 0.3) is 5.69 Å². The number of furan rings is 1. The number of rotatable bonds is 9. The van der Waals surface area contributed by atoms with Crippen molar-refractivity contribution in [2.75, 3.05) is 5.75 Å². The van der Waals surface area contributed by atoms with Crippen LogP contribution in [0.1, 0.15) is 45.5 Å². The molecule has 3 aromatic carbocycles. The van der Waals surface area contributed by atoms with E-state index in [0.717, 1.165) is 26.9 Å². The van der Waals surface area contributed by atoms with Gasteiger partial charge in [0.1, 0.15) is 5.82 Å². The molecule has 6 rings (SSSR count). The van der Waals surface area contributed by atoms with Gasteiger partial charge in [0.2, 0.25) is 0 Å². The van der Waals surface area contributed by atoms with Gasteiger partial charge in [-0.2, -0.15) is 5.10 Å². The number of amides is 2. The summed E-state index contributed by atoms with van der Waals surface area (Å²) >= 11 is 4.67. The van der Waals surface area contributed by atoms with E-state index in [1.54, 1.807) is 33.8 Å². The molecule has 0 radical (unpaired) electrons. The summed E-state index contributed by atoms with van der Waals surface area (Å²) in [5.41, 5.74) is 4.48. The highest BCUT2D eigenvalue weighted by atomic mass is 79.9. The van der Waals surface area contributed by atoms with Crippen LogP contribution in [0.3, 0.4) is 0 Å². The number of halogens is 2. The minimum atomic E-state index is -0.413. The molecule has 1 N–H and O–H groups in total. The molecule has 3 heterocycles. The van der Waals surface area contributed by atoms with Gasteiger partial charge in [0, 0.05) is 16.6 Å². The Labute approximate surface area is 265 Å². The van der Waals surface area contributed by atoms with Gasteiger partial charge in [-0.05, 0) is 66.6 Å². The number of carbonyl (C=O) groups is 2. The van der Waals surface area contributed by atoms with Gasteiger partial charge in [0.25, 0.3) is 11.8 Å². The van der Waals surface area contributed by atoms with Crippen molar-refractivity contribution < 1.29 is 18.4 Å². The molecule has 12 heteroatoms. The van der Waals surface area contributed by atoms with Crippen LogP contribution in [-0.2, 0) is 11.3 Å². The van der Waals surface area contributed by atoms with Crippen LogP contribution in [0.15, 0.2) is 110 Å². The van der Waals surface area contributed by atoms with Crippen LogP contribution in [0.4, 0.5) is 4.39 Å². The first-order chi connectivity index (χ1) is 21.4. The first-order valence-corrected chi connectivity index (χ1v) is 15.5. The van der Waals surface area contributed by atoms with Crippen LogP contribution in [-0.4, -0.2) is 43.1 Å².